The molecule has 0 aliphatic carbocycles. The van der Waals surface area contributed by atoms with Crippen LogP contribution in [0.2, 0.25) is 0 Å². The van der Waals surface area contributed by atoms with Crippen molar-refractivity contribution < 1.29 is 14.4 Å². The Hall–Kier alpha value is -3.15. The Balaban J connectivity index is 1.89. The van der Waals surface area contributed by atoms with Crippen molar-refractivity contribution in [3.8, 4) is 11.8 Å². The number of carbonyl (C=O) groups is 1. The molecule has 2 aromatic rings. The highest BCUT2D eigenvalue weighted by Gasteiger charge is 2.38. The number of likely N-dealkylation sites (N-methyl/N-ethyl adjacent to an activating group) is 1. The lowest BCUT2D eigenvalue weighted by Gasteiger charge is -2.15. The fourth-order valence-corrected chi connectivity index (χ4v) is 2.74. The van der Waals surface area contributed by atoms with E-state index in [1.54, 1.807) is 14.0 Å². The van der Waals surface area contributed by atoms with E-state index in [1.807, 2.05) is 30.3 Å². The van der Waals surface area contributed by atoms with Crippen molar-refractivity contribution in [1.82, 2.24) is 14.6 Å². The molecular weight excluding hydrogens is 350 g/mol. The first kappa shape index (κ1) is 18.6. The third-order valence-corrected chi connectivity index (χ3v) is 4.10. The Labute approximate surface area is 155 Å². The number of ether oxygens (including phenoxy) is 1. The first-order chi connectivity index (χ1) is 13.0. The lowest BCUT2D eigenvalue weighted by molar-refractivity contribution is -0.182. The monoisotopic (exact) mass is 369 g/mol. The largest absolute Gasteiger partial charge is 0.465 e. The second-order valence-corrected chi connectivity index (χ2v) is 5.94. The quantitative estimate of drug-likeness (QED) is 0.630. The van der Waals surface area contributed by atoms with Gasteiger partial charge in [-0.25, -0.2) is 4.79 Å². The summed E-state index contributed by atoms with van der Waals surface area (Å²) in [5, 5.41) is 1.36. The van der Waals surface area contributed by atoms with Crippen LogP contribution >= 0.6 is 0 Å². The number of rotatable bonds is 3. The van der Waals surface area contributed by atoms with Crippen LogP contribution in [0.5, 0.6) is 0 Å². The smallest absolute Gasteiger partial charge is 0.330 e. The third kappa shape index (κ3) is 4.16. The van der Waals surface area contributed by atoms with Crippen LogP contribution in [0.1, 0.15) is 30.7 Å². The highest BCUT2D eigenvalue weighted by Crippen LogP contribution is 2.27. The number of esters is 1. The van der Waals surface area contributed by atoms with Gasteiger partial charge in [-0.2, -0.15) is 5.06 Å². The van der Waals surface area contributed by atoms with E-state index in [0.29, 0.717) is 0 Å². The Bertz CT molecular complexity index is 1000. The summed E-state index contributed by atoms with van der Waals surface area (Å²) < 4.78 is 6.24. The summed E-state index contributed by atoms with van der Waals surface area (Å²) in [6.45, 7) is 1.97. The maximum absolute atomic E-state index is 12.2. The van der Waals surface area contributed by atoms with E-state index in [-0.39, 0.29) is 18.6 Å². The number of nitrogens with zero attached hydrogens (tertiary/aromatic N) is 2. The Morgan fingerprint density at radius 1 is 1.30 bits per heavy atom. The van der Waals surface area contributed by atoms with Crippen LogP contribution in [0.3, 0.4) is 0 Å². The van der Waals surface area contributed by atoms with Crippen molar-refractivity contribution in [2.45, 2.75) is 25.6 Å². The van der Waals surface area contributed by atoms with Crippen LogP contribution in [0.15, 0.2) is 46.1 Å². The van der Waals surface area contributed by atoms with E-state index < -0.39 is 29.5 Å². The molecular formula is C19H19N3O5. The van der Waals surface area contributed by atoms with Gasteiger partial charge in [-0.3, -0.25) is 24.0 Å². The third-order valence-electron chi connectivity index (χ3n) is 4.10. The average Bonchev–Trinajstić information content (AvgIpc) is 3.03. The van der Waals surface area contributed by atoms with Gasteiger partial charge < -0.3 is 4.74 Å². The molecule has 8 nitrogen and oxygen atoms in total. The summed E-state index contributed by atoms with van der Waals surface area (Å²) in [6, 6.07) is 8.55. The molecule has 0 amide bonds. The minimum absolute atomic E-state index is 0.129. The molecule has 0 radical (unpaired) electrons. The summed E-state index contributed by atoms with van der Waals surface area (Å²) >= 11 is 0. The second kappa shape index (κ2) is 8.03. The van der Waals surface area contributed by atoms with Crippen molar-refractivity contribution >= 4 is 5.97 Å². The molecule has 140 valence electrons. The van der Waals surface area contributed by atoms with Gasteiger partial charge in [0.1, 0.15) is 11.6 Å². The molecule has 1 aromatic carbocycles. The standard InChI is InChI=1S/C19H19N3O5/c1-3-26-18(24)15-11-16(27-21(15)2)22-12-14(17(23)20-19(22)25)10-9-13-7-5-4-6-8-13/h4-8,12,15-16H,3,11H2,1-2H3,(H,20,23,25). The second-order valence-electron chi connectivity index (χ2n) is 5.94. The zero-order valence-corrected chi connectivity index (χ0v) is 15.0. The predicted octanol–water partition coefficient (Wildman–Crippen LogP) is 0.634. The van der Waals surface area contributed by atoms with Crippen LogP contribution in [-0.4, -0.2) is 40.3 Å². The molecule has 2 heterocycles. The normalized spacial score (nSPS) is 19.3. The van der Waals surface area contributed by atoms with Gasteiger partial charge in [-0.15, -0.1) is 0 Å². The molecule has 2 unspecified atom stereocenters. The fourth-order valence-electron chi connectivity index (χ4n) is 2.74. The van der Waals surface area contributed by atoms with Gasteiger partial charge >= 0.3 is 11.7 Å². The first-order valence-electron chi connectivity index (χ1n) is 8.48. The highest BCUT2D eigenvalue weighted by molar-refractivity contribution is 5.75. The summed E-state index contributed by atoms with van der Waals surface area (Å²) in [4.78, 5) is 44.1. The van der Waals surface area contributed by atoms with Gasteiger partial charge in [0.2, 0.25) is 0 Å². The molecule has 1 fully saturated rings. The number of aromatic nitrogens is 2. The number of hydrogen-bond donors (Lipinski definition) is 1. The number of hydroxylamine groups is 2. The van der Waals surface area contributed by atoms with Gasteiger partial charge in [0.15, 0.2) is 6.23 Å². The topological polar surface area (TPSA) is 93.6 Å². The number of H-pyrrole nitrogens is 1. The highest BCUT2D eigenvalue weighted by atomic mass is 16.7. The van der Waals surface area contributed by atoms with Crippen molar-refractivity contribution in [2.75, 3.05) is 13.7 Å². The minimum atomic E-state index is -0.744. The molecule has 1 aliphatic rings. The zero-order chi connectivity index (χ0) is 19.4. The van der Waals surface area contributed by atoms with E-state index in [0.717, 1.165) is 5.56 Å². The van der Waals surface area contributed by atoms with Crippen LogP contribution < -0.4 is 11.2 Å². The number of benzene rings is 1. The van der Waals surface area contributed by atoms with Crippen LogP contribution in [-0.2, 0) is 14.4 Å². The van der Waals surface area contributed by atoms with E-state index >= 15 is 0 Å². The fraction of sp³-hybridized carbons (Fsp3) is 0.316. The molecule has 27 heavy (non-hydrogen) atoms. The lowest BCUT2D eigenvalue weighted by Crippen LogP contribution is -2.33. The van der Waals surface area contributed by atoms with Gasteiger partial charge in [-0.1, -0.05) is 30.0 Å². The van der Waals surface area contributed by atoms with Gasteiger partial charge in [0.25, 0.3) is 5.56 Å². The van der Waals surface area contributed by atoms with Crippen LogP contribution in [0.25, 0.3) is 0 Å². The number of carbonyl (C=O) groups excluding carboxylic acids is 1. The SMILES string of the molecule is CCOC(=O)C1CC(n2cc(C#Cc3ccccc3)c(=O)[nH]c2=O)ON1C. The summed E-state index contributed by atoms with van der Waals surface area (Å²) in [7, 11) is 1.59. The maximum atomic E-state index is 12.2. The Kier molecular flexibility index (Phi) is 5.54. The molecule has 1 N–H and O–H groups in total. The average molecular weight is 369 g/mol. The first-order valence-corrected chi connectivity index (χ1v) is 8.48. The molecule has 1 aliphatic heterocycles. The Morgan fingerprint density at radius 3 is 2.74 bits per heavy atom. The Morgan fingerprint density at radius 2 is 2.04 bits per heavy atom. The van der Waals surface area contributed by atoms with Crippen LogP contribution in [0.4, 0.5) is 0 Å². The minimum Gasteiger partial charge on any atom is -0.465 e. The van der Waals surface area contributed by atoms with Gasteiger partial charge in [-0.05, 0) is 19.1 Å². The number of nitrogens with one attached hydrogen (secondary N) is 1. The lowest BCUT2D eigenvalue weighted by atomic mass is 10.2. The summed E-state index contributed by atoms with van der Waals surface area (Å²) in [5.41, 5.74) is -0.334. The number of aromatic amines is 1. The predicted molar refractivity (Wildman–Crippen MR) is 96.7 cm³/mol. The molecule has 1 aromatic heterocycles. The zero-order valence-electron chi connectivity index (χ0n) is 15.0. The summed E-state index contributed by atoms with van der Waals surface area (Å²) in [5.74, 6) is 5.23. The van der Waals surface area contributed by atoms with E-state index in [4.69, 9.17) is 9.57 Å². The molecule has 0 saturated carbocycles. The molecule has 0 spiro atoms. The van der Waals surface area contributed by atoms with Crippen molar-refractivity contribution in [1.29, 1.82) is 0 Å². The molecule has 0 bridgehead atoms. The summed E-state index contributed by atoms with van der Waals surface area (Å²) in [6.07, 6.45) is 0.821. The maximum Gasteiger partial charge on any atom is 0.330 e. The van der Waals surface area contributed by atoms with Crippen LogP contribution in [0, 0.1) is 11.8 Å². The van der Waals surface area contributed by atoms with Crippen molar-refractivity contribution in [3.63, 3.8) is 0 Å². The van der Waals surface area contributed by atoms with E-state index in [2.05, 4.69) is 16.8 Å². The molecule has 1 saturated heterocycles. The van der Waals surface area contributed by atoms with E-state index in [9.17, 15) is 14.4 Å². The molecule has 3 rings (SSSR count). The van der Waals surface area contributed by atoms with Gasteiger partial charge in [0, 0.05) is 25.2 Å². The van der Waals surface area contributed by atoms with E-state index in [1.165, 1.54) is 15.8 Å². The molecule has 2 atom stereocenters. The van der Waals surface area contributed by atoms with Gasteiger partial charge in [0.05, 0.1) is 6.61 Å². The molecule has 8 heteroatoms. The van der Waals surface area contributed by atoms with Crippen molar-refractivity contribution in [3.05, 3.63) is 68.5 Å². The number of hydrogen-bond acceptors (Lipinski definition) is 6. The van der Waals surface area contributed by atoms with Crippen molar-refractivity contribution in [2.24, 2.45) is 0 Å².